The first-order valence-electron chi connectivity index (χ1n) is 9.90. The average molecular weight is 412 g/mol. The van der Waals surface area contributed by atoms with Crippen molar-refractivity contribution in [3.05, 3.63) is 47.0 Å². The van der Waals surface area contributed by atoms with E-state index in [0.717, 1.165) is 18.5 Å². The standard InChI is InChI=1S/C23H28N2O5/c1-14(2)23(27)25-11-10-15-6-7-17(12-16(15)13-25)24-22(26)18-8-9-19(28-3)21(30-5)20(18)29-4/h6-9,12,14H,10-11,13H2,1-5H3,(H,24,26). The maximum atomic E-state index is 12.9. The number of carbonyl (C=O) groups is 2. The van der Waals surface area contributed by atoms with Crippen LogP contribution in [0.1, 0.15) is 35.3 Å². The van der Waals surface area contributed by atoms with Crippen molar-refractivity contribution < 1.29 is 23.8 Å². The molecule has 0 aromatic heterocycles. The van der Waals surface area contributed by atoms with Crippen molar-refractivity contribution >= 4 is 17.5 Å². The Morgan fingerprint density at radius 1 is 0.967 bits per heavy atom. The summed E-state index contributed by atoms with van der Waals surface area (Å²) >= 11 is 0. The fourth-order valence-corrected chi connectivity index (χ4v) is 3.67. The lowest BCUT2D eigenvalue weighted by molar-refractivity contribution is -0.135. The van der Waals surface area contributed by atoms with E-state index in [1.807, 2.05) is 36.9 Å². The van der Waals surface area contributed by atoms with E-state index in [2.05, 4.69) is 5.32 Å². The molecule has 0 aliphatic carbocycles. The van der Waals surface area contributed by atoms with Gasteiger partial charge in [-0.15, -0.1) is 0 Å². The Balaban J connectivity index is 1.84. The lowest BCUT2D eigenvalue weighted by atomic mass is 9.98. The van der Waals surface area contributed by atoms with Crippen LogP contribution in [0.5, 0.6) is 17.2 Å². The molecule has 2 aromatic rings. The highest BCUT2D eigenvalue weighted by atomic mass is 16.5. The largest absolute Gasteiger partial charge is 0.493 e. The molecule has 0 bridgehead atoms. The van der Waals surface area contributed by atoms with Crippen LogP contribution >= 0.6 is 0 Å². The summed E-state index contributed by atoms with van der Waals surface area (Å²) in [5.74, 6) is 0.937. The van der Waals surface area contributed by atoms with Gasteiger partial charge in [-0.25, -0.2) is 0 Å². The van der Waals surface area contributed by atoms with Crippen LogP contribution in [0.4, 0.5) is 5.69 Å². The van der Waals surface area contributed by atoms with E-state index in [9.17, 15) is 9.59 Å². The predicted octanol–water partition coefficient (Wildman–Crippen LogP) is 3.51. The number of benzene rings is 2. The van der Waals surface area contributed by atoms with Gasteiger partial charge in [-0.2, -0.15) is 0 Å². The predicted molar refractivity (Wildman–Crippen MR) is 114 cm³/mol. The topological polar surface area (TPSA) is 77.1 Å². The zero-order valence-corrected chi connectivity index (χ0v) is 18.1. The molecule has 0 radical (unpaired) electrons. The van der Waals surface area contributed by atoms with E-state index in [1.54, 1.807) is 12.1 Å². The summed E-state index contributed by atoms with van der Waals surface area (Å²) in [6.07, 6.45) is 0.811. The van der Waals surface area contributed by atoms with Gasteiger partial charge in [-0.1, -0.05) is 19.9 Å². The normalized spacial score (nSPS) is 12.9. The zero-order valence-electron chi connectivity index (χ0n) is 18.1. The molecule has 1 heterocycles. The third-order valence-corrected chi connectivity index (χ3v) is 5.23. The minimum atomic E-state index is -0.321. The number of nitrogens with one attached hydrogen (secondary N) is 1. The molecule has 1 aliphatic rings. The molecule has 2 amide bonds. The fourth-order valence-electron chi connectivity index (χ4n) is 3.67. The third kappa shape index (κ3) is 4.20. The van der Waals surface area contributed by atoms with Crippen molar-refractivity contribution in [1.82, 2.24) is 4.90 Å². The molecule has 7 heteroatoms. The van der Waals surface area contributed by atoms with Crippen molar-refractivity contribution in [1.29, 1.82) is 0 Å². The van der Waals surface area contributed by atoms with Crippen LogP contribution in [0.2, 0.25) is 0 Å². The molecular weight excluding hydrogens is 384 g/mol. The van der Waals surface area contributed by atoms with Crippen LogP contribution in [0, 0.1) is 5.92 Å². The fraction of sp³-hybridized carbons (Fsp3) is 0.391. The van der Waals surface area contributed by atoms with Crippen molar-refractivity contribution in [2.45, 2.75) is 26.8 Å². The molecule has 160 valence electrons. The van der Waals surface area contributed by atoms with Gasteiger partial charge < -0.3 is 24.4 Å². The first kappa shape index (κ1) is 21.5. The molecule has 0 fully saturated rings. The number of carbonyl (C=O) groups excluding carboxylic acids is 2. The Morgan fingerprint density at radius 2 is 1.70 bits per heavy atom. The molecule has 0 unspecified atom stereocenters. The Labute approximate surface area is 176 Å². The molecule has 3 rings (SSSR count). The number of methoxy groups -OCH3 is 3. The first-order chi connectivity index (χ1) is 14.4. The number of fused-ring (bicyclic) bond motifs is 1. The SMILES string of the molecule is COc1ccc(C(=O)Nc2ccc3c(c2)CN(C(=O)C(C)C)CC3)c(OC)c1OC. The zero-order chi connectivity index (χ0) is 21.8. The van der Waals surface area contributed by atoms with Gasteiger partial charge in [0.2, 0.25) is 11.7 Å². The van der Waals surface area contributed by atoms with Crippen LogP contribution in [-0.2, 0) is 17.8 Å². The van der Waals surface area contributed by atoms with Gasteiger partial charge in [0.25, 0.3) is 5.91 Å². The molecule has 7 nitrogen and oxygen atoms in total. The summed E-state index contributed by atoms with van der Waals surface area (Å²) in [7, 11) is 4.50. The number of nitrogens with zero attached hydrogens (tertiary/aromatic N) is 1. The molecule has 0 saturated carbocycles. The Kier molecular flexibility index (Phi) is 6.50. The van der Waals surface area contributed by atoms with E-state index < -0.39 is 0 Å². The third-order valence-electron chi connectivity index (χ3n) is 5.23. The summed E-state index contributed by atoms with van der Waals surface area (Å²) in [6, 6.07) is 9.12. The molecule has 2 aromatic carbocycles. The minimum Gasteiger partial charge on any atom is -0.493 e. The maximum absolute atomic E-state index is 12.9. The lowest BCUT2D eigenvalue weighted by Gasteiger charge is -2.30. The summed E-state index contributed by atoms with van der Waals surface area (Å²) < 4.78 is 16.0. The molecule has 1 N–H and O–H groups in total. The van der Waals surface area contributed by atoms with Crippen LogP contribution in [0.15, 0.2) is 30.3 Å². The van der Waals surface area contributed by atoms with Crippen molar-refractivity contribution in [3.8, 4) is 17.2 Å². The van der Waals surface area contributed by atoms with E-state index in [4.69, 9.17) is 14.2 Å². The first-order valence-corrected chi connectivity index (χ1v) is 9.90. The maximum Gasteiger partial charge on any atom is 0.259 e. The van der Waals surface area contributed by atoms with Crippen LogP contribution < -0.4 is 19.5 Å². The Bertz CT molecular complexity index is 955. The molecule has 1 aliphatic heterocycles. The Morgan fingerprint density at radius 3 is 2.33 bits per heavy atom. The van der Waals surface area contributed by atoms with Gasteiger partial charge in [0.15, 0.2) is 11.5 Å². The second-order valence-corrected chi connectivity index (χ2v) is 7.48. The van der Waals surface area contributed by atoms with Gasteiger partial charge in [-0.05, 0) is 41.8 Å². The number of anilines is 1. The van der Waals surface area contributed by atoms with Gasteiger partial charge in [0.05, 0.1) is 26.9 Å². The average Bonchev–Trinajstić information content (AvgIpc) is 2.76. The highest BCUT2D eigenvalue weighted by Crippen LogP contribution is 2.40. The summed E-state index contributed by atoms with van der Waals surface area (Å²) in [4.78, 5) is 27.2. The van der Waals surface area contributed by atoms with Gasteiger partial charge >= 0.3 is 0 Å². The Hall–Kier alpha value is -3.22. The molecule has 30 heavy (non-hydrogen) atoms. The van der Waals surface area contributed by atoms with Gasteiger partial charge in [-0.3, -0.25) is 9.59 Å². The molecule has 0 saturated heterocycles. The summed E-state index contributed by atoms with van der Waals surface area (Å²) in [5.41, 5.74) is 3.25. The number of hydrogen-bond acceptors (Lipinski definition) is 5. The highest BCUT2D eigenvalue weighted by molar-refractivity contribution is 6.07. The second kappa shape index (κ2) is 9.07. The second-order valence-electron chi connectivity index (χ2n) is 7.48. The summed E-state index contributed by atoms with van der Waals surface area (Å²) in [6.45, 7) is 5.09. The molecule has 0 atom stereocenters. The molecule has 0 spiro atoms. The quantitative estimate of drug-likeness (QED) is 0.786. The van der Waals surface area contributed by atoms with Crippen LogP contribution in [-0.4, -0.2) is 44.6 Å². The monoisotopic (exact) mass is 412 g/mol. The smallest absolute Gasteiger partial charge is 0.259 e. The van der Waals surface area contributed by atoms with E-state index in [-0.39, 0.29) is 17.7 Å². The lowest BCUT2D eigenvalue weighted by Crippen LogP contribution is -2.38. The van der Waals surface area contributed by atoms with Crippen molar-refractivity contribution in [2.75, 3.05) is 33.2 Å². The van der Waals surface area contributed by atoms with Crippen molar-refractivity contribution in [3.63, 3.8) is 0 Å². The highest BCUT2D eigenvalue weighted by Gasteiger charge is 2.24. The number of hydrogen-bond donors (Lipinski definition) is 1. The number of amides is 2. The van der Waals surface area contributed by atoms with Crippen LogP contribution in [0.3, 0.4) is 0 Å². The minimum absolute atomic E-state index is 0.0352. The number of ether oxygens (including phenoxy) is 3. The van der Waals surface area contributed by atoms with E-state index >= 15 is 0 Å². The van der Waals surface area contributed by atoms with Gasteiger partial charge in [0, 0.05) is 24.7 Å². The van der Waals surface area contributed by atoms with Crippen molar-refractivity contribution in [2.24, 2.45) is 5.92 Å². The van der Waals surface area contributed by atoms with Gasteiger partial charge in [0.1, 0.15) is 0 Å². The van der Waals surface area contributed by atoms with E-state index in [0.29, 0.717) is 35.0 Å². The summed E-state index contributed by atoms with van der Waals surface area (Å²) in [5, 5.41) is 2.92. The van der Waals surface area contributed by atoms with E-state index in [1.165, 1.54) is 26.9 Å². The van der Waals surface area contributed by atoms with Crippen LogP contribution in [0.25, 0.3) is 0 Å². The number of rotatable bonds is 6. The molecular formula is C23H28N2O5.